The van der Waals surface area contributed by atoms with E-state index in [1.54, 1.807) is 0 Å². The number of benzene rings is 1. The Morgan fingerprint density at radius 1 is 1.06 bits per heavy atom. The zero-order valence-electron chi connectivity index (χ0n) is 17.9. The number of aromatic nitrogens is 2. The molecule has 3 rings (SSSR count). The Labute approximate surface area is 185 Å². The number of pyridine rings is 1. The van der Waals surface area contributed by atoms with Gasteiger partial charge in [0, 0.05) is 6.20 Å². The monoisotopic (exact) mass is 473 g/mol. The first-order valence-corrected chi connectivity index (χ1v) is 9.83. The first-order valence-electron chi connectivity index (χ1n) is 9.83. The highest BCUT2D eigenvalue weighted by Crippen LogP contribution is 2.32. The number of hydrogen-bond acceptors (Lipinski definition) is 3. The summed E-state index contributed by atoms with van der Waals surface area (Å²) in [7, 11) is 0. The molecule has 1 aromatic carbocycles. The molecule has 0 saturated heterocycles. The number of ether oxygens (including phenoxy) is 1. The predicted octanol–water partition coefficient (Wildman–Crippen LogP) is 6.02. The SMILES string of the molecule is CC(C)(C)Cc1c(NC(=O)Cc2cccc(OC(F)(F)F)c2)nc2ccc(C(F)(F)F)cn12. The minimum absolute atomic E-state index is 0.0944. The van der Waals surface area contributed by atoms with Crippen LogP contribution in [0.2, 0.25) is 0 Å². The van der Waals surface area contributed by atoms with Gasteiger partial charge in [-0.15, -0.1) is 13.2 Å². The van der Waals surface area contributed by atoms with Crippen molar-refractivity contribution in [1.29, 1.82) is 0 Å². The molecular formula is C22H21F6N3O2. The Balaban J connectivity index is 1.89. The van der Waals surface area contributed by atoms with E-state index in [9.17, 15) is 31.1 Å². The van der Waals surface area contributed by atoms with Crippen LogP contribution >= 0.6 is 0 Å². The second-order valence-electron chi connectivity index (χ2n) is 8.71. The summed E-state index contributed by atoms with van der Waals surface area (Å²) in [6.45, 7) is 5.66. The highest BCUT2D eigenvalue weighted by Gasteiger charge is 2.32. The molecule has 0 aliphatic heterocycles. The molecule has 11 heteroatoms. The Kier molecular flexibility index (Phi) is 6.36. The minimum Gasteiger partial charge on any atom is -0.406 e. The second-order valence-corrected chi connectivity index (χ2v) is 8.71. The van der Waals surface area contributed by atoms with Gasteiger partial charge in [-0.2, -0.15) is 13.2 Å². The largest absolute Gasteiger partial charge is 0.573 e. The summed E-state index contributed by atoms with van der Waals surface area (Å²) in [4.78, 5) is 16.9. The molecule has 0 saturated carbocycles. The lowest BCUT2D eigenvalue weighted by atomic mass is 9.90. The molecule has 0 unspecified atom stereocenters. The van der Waals surface area contributed by atoms with E-state index in [0.717, 1.165) is 24.4 Å². The quantitative estimate of drug-likeness (QED) is 0.461. The topological polar surface area (TPSA) is 55.6 Å². The molecular weight excluding hydrogens is 452 g/mol. The van der Waals surface area contributed by atoms with Crippen LogP contribution in [0.25, 0.3) is 5.65 Å². The van der Waals surface area contributed by atoms with Crippen LogP contribution in [0.15, 0.2) is 42.6 Å². The summed E-state index contributed by atoms with van der Waals surface area (Å²) in [5.41, 5.74) is -0.340. The number of anilines is 1. The van der Waals surface area contributed by atoms with Gasteiger partial charge in [-0.05, 0) is 41.7 Å². The maximum atomic E-state index is 13.2. The van der Waals surface area contributed by atoms with Crippen LogP contribution in [0.3, 0.4) is 0 Å². The van der Waals surface area contributed by atoms with Gasteiger partial charge in [-0.3, -0.25) is 4.79 Å². The van der Waals surface area contributed by atoms with Crippen LogP contribution in [-0.2, 0) is 23.8 Å². The van der Waals surface area contributed by atoms with E-state index in [1.807, 2.05) is 20.8 Å². The molecule has 5 nitrogen and oxygen atoms in total. The van der Waals surface area contributed by atoms with Gasteiger partial charge >= 0.3 is 12.5 Å². The molecule has 178 valence electrons. The third-order valence-corrected chi connectivity index (χ3v) is 4.50. The number of amides is 1. The maximum Gasteiger partial charge on any atom is 0.573 e. The first-order chi connectivity index (χ1) is 15.1. The fourth-order valence-corrected chi connectivity index (χ4v) is 3.25. The fraction of sp³-hybridized carbons (Fsp3) is 0.364. The summed E-state index contributed by atoms with van der Waals surface area (Å²) in [6.07, 6.45) is -8.47. The van der Waals surface area contributed by atoms with Gasteiger partial charge in [0.1, 0.15) is 11.4 Å². The highest BCUT2D eigenvalue weighted by molar-refractivity contribution is 5.92. The number of hydrogen-bond donors (Lipinski definition) is 1. The number of rotatable bonds is 5. The fourth-order valence-electron chi connectivity index (χ4n) is 3.25. The molecule has 0 atom stereocenters. The van der Waals surface area contributed by atoms with Gasteiger partial charge in [0.25, 0.3) is 0 Å². The van der Waals surface area contributed by atoms with E-state index in [2.05, 4.69) is 15.0 Å². The zero-order chi connectivity index (χ0) is 24.6. The summed E-state index contributed by atoms with van der Waals surface area (Å²) in [6, 6.07) is 7.08. The Bertz CT molecular complexity index is 1160. The van der Waals surface area contributed by atoms with Crippen LogP contribution in [0.5, 0.6) is 5.75 Å². The van der Waals surface area contributed by atoms with Gasteiger partial charge < -0.3 is 14.5 Å². The number of halogens is 6. The first kappa shape index (κ1) is 24.4. The number of fused-ring (bicyclic) bond motifs is 1. The third kappa shape index (κ3) is 6.62. The highest BCUT2D eigenvalue weighted by atomic mass is 19.4. The molecule has 2 heterocycles. The molecule has 1 N–H and O–H groups in total. The van der Waals surface area contributed by atoms with Crippen LogP contribution in [0, 0.1) is 5.41 Å². The molecule has 0 radical (unpaired) electrons. The Morgan fingerprint density at radius 3 is 2.36 bits per heavy atom. The minimum atomic E-state index is -4.87. The van der Waals surface area contributed by atoms with Crippen molar-refractivity contribution >= 4 is 17.4 Å². The van der Waals surface area contributed by atoms with Gasteiger partial charge in [-0.25, -0.2) is 4.98 Å². The number of nitrogens with one attached hydrogen (secondary N) is 1. The molecule has 0 bridgehead atoms. The van der Waals surface area contributed by atoms with Crippen molar-refractivity contribution in [2.24, 2.45) is 5.41 Å². The third-order valence-electron chi connectivity index (χ3n) is 4.50. The smallest absolute Gasteiger partial charge is 0.406 e. The molecule has 33 heavy (non-hydrogen) atoms. The maximum absolute atomic E-state index is 13.2. The molecule has 3 aromatic rings. The van der Waals surface area contributed by atoms with Gasteiger partial charge in [0.05, 0.1) is 17.7 Å². The molecule has 1 amide bonds. The summed E-state index contributed by atoms with van der Waals surface area (Å²) >= 11 is 0. The molecule has 0 spiro atoms. The number of imidazole rings is 1. The van der Waals surface area contributed by atoms with Crippen molar-refractivity contribution in [3.63, 3.8) is 0 Å². The summed E-state index contributed by atoms with van der Waals surface area (Å²) < 4.78 is 82.0. The Morgan fingerprint density at radius 2 is 1.76 bits per heavy atom. The number of carbonyl (C=O) groups is 1. The molecule has 0 aliphatic carbocycles. The van der Waals surface area contributed by atoms with Crippen molar-refractivity contribution in [2.75, 3.05) is 5.32 Å². The average molecular weight is 473 g/mol. The average Bonchev–Trinajstić information content (AvgIpc) is 2.94. The van der Waals surface area contributed by atoms with E-state index in [-0.39, 0.29) is 28.9 Å². The van der Waals surface area contributed by atoms with Crippen molar-refractivity contribution in [1.82, 2.24) is 9.38 Å². The van der Waals surface area contributed by atoms with E-state index in [4.69, 9.17) is 0 Å². The van der Waals surface area contributed by atoms with Crippen LogP contribution in [-0.4, -0.2) is 21.7 Å². The van der Waals surface area contributed by atoms with E-state index in [0.29, 0.717) is 12.1 Å². The second kappa shape index (κ2) is 8.60. The van der Waals surface area contributed by atoms with Gasteiger partial charge in [0.2, 0.25) is 5.91 Å². The lowest BCUT2D eigenvalue weighted by molar-refractivity contribution is -0.274. The van der Waals surface area contributed by atoms with Crippen LogP contribution in [0.1, 0.15) is 37.6 Å². The van der Waals surface area contributed by atoms with Crippen molar-refractivity contribution in [2.45, 2.75) is 46.2 Å². The van der Waals surface area contributed by atoms with Gasteiger partial charge in [-0.1, -0.05) is 32.9 Å². The van der Waals surface area contributed by atoms with Crippen molar-refractivity contribution in [3.05, 3.63) is 59.4 Å². The molecule has 0 fully saturated rings. The van der Waals surface area contributed by atoms with Crippen molar-refractivity contribution < 1.29 is 35.9 Å². The van der Waals surface area contributed by atoms with E-state index < -0.39 is 29.8 Å². The number of carbonyl (C=O) groups excluding carboxylic acids is 1. The molecule has 2 aromatic heterocycles. The number of alkyl halides is 6. The number of nitrogens with zero attached hydrogens (tertiary/aromatic N) is 2. The zero-order valence-corrected chi connectivity index (χ0v) is 17.9. The summed E-state index contributed by atoms with van der Waals surface area (Å²) in [5, 5.41) is 2.58. The Hall–Kier alpha value is -3.24. The summed E-state index contributed by atoms with van der Waals surface area (Å²) in [5.74, 6) is -0.959. The standard InChI is InChI=1S/C22H21F6N3O2/c1-20(2,3)11-16-19(29-17-8-7-14(12-31(16)17)21(23,24)25)30-18(32)10-13-5-4-6-15(9-13)33-22(26,27)28/h4-9,12H,10-11H2,1-3H3,(H,30,32). The van der Waals surface area contributed by atoms with E-state index in [1.165, 1.54) is 22.6 Å². The normalized spacial score (nSPS) is 12.8. The van der Waals surface area contributed by atoms with Crippen LogP contribution < -0.4 is 10.1 Å². The van der Waals surface area contributed by atoms with Crippen LogP contribution in [0.4, 0.5) is 32.2 Å². The lowest BCUT2D eigenvalue weighted by Gasteiger charge is -2.19. The van der Waals surface area contributed by atoms with Gasteiger partial charge in [0.15, 0.2) is 5.82 Å². The predicted molar refractivity (Wildman–Crippen MR) is 109 cm³/mol. The van der Waals surface area contributed by atoms with E-state index >= 15 is 0 Å². The molecule has 0 aliphatic rings. The lowest BCUT2D eigenvalue weighted by Crippen LogP contribution is -2.19. The van der Waals surface area contributed by atoms with Crippen molar-refractivity contribution in [3.8, 4) is 5.75 Å².